The van der Waals surface area contributed by atoms with Crippen LogP contribution in [0.3, 0.4) is 0 Å². The Bertz CT molecular complexity index is 692. The maximum atomic E-state index is 12.5. The van der Waals surface area contributed by atoms with Crippen LogP contribution in [0, 0.1) is 19.8 Å². The monoisotopic (exact) mass is 315 g/mol. The van der Waals surface area contributed by atoms with Gasteiger partial charge in [0.2, 0.25) is 11.8 Å². The predicted molar refractivity (Wildman–Crippen MR) is 87.1 cm³/mol. The summed E-state index contributed by atoms with van der Waals surface area (Å²) in [6, 6.07) is 6.02. The number of anilines is 2. The van der Waals surface area contributed by atoms with Crippen molar-refractivity contribution in [2.75, 3.05) is 16.8 Å². The zero-order chi connectivity index (χ0) is 15.7. The second-order valence-corrected chi connectivity index (χ2v) is 6.40. The normalized spacial score (nSPS) is 17.8. The lowest BCUT2D eigenvalue weighted by Crippen LogP contribution is -2.33. The summed E-state index contributed by atoms with van der Waals surface area (Å²) in [5, 5.41) is 5.03. The highest BCUT2D eigenvalue weighted by molar-refractivity contribution is 7.13. The summed E-state index contributed by atoms with van der Waals surface area (Å²) in [6.45, 7) is 4.57. The number of nitrogens with one attached hydrogen (secondary N) is 1. The van der Waals surface area contributed by atoms with Crippen LogP contribution in [0.5, 0.6) is 0 Å². The molecule has 2 heterocycles. The van der Waals surface area contributed by atoms with Crippen LogP contribution >= 0.6 is 11.3 Å². The van der Waals surface area contributed by atoms with Gasteiger partial charge in [-0.1, -0.05) is 6.07 Å². The first-order valence-electron chi connectivity index (χ1n) is 7.14. The molecule has 6 heteroatoms. The molecule has 1 unspecified atom stereocenters. The number of aryl methyl sites for hydroxylation is 2. The molecular weight excluding hydrogens is 298 g/mol. The van der Waals surface area contributed by atoms with E-state index in [-0.39, 0.29) is 11.8 Å². The lowest BCUT2D eigenvalue weighted by atomic mass is 10.1. The minimum atomic E-state index is -0.635. The van der Waals surface area contributed by atoms with Gasteiger partial charge >= 0.3 is 0 Å². The summed E-state index contributed by atoms with van der Waals surface area (Å²) in [7, 11) is 0. The highest BCUT2D eigenvalue weighted by atomic mass is 32.1. The number of amides is 2. The molecule has 22 heavy (non-hydrogen) atoms. The molecule has 2 amide bonds. The Morgan fingerprint density at radius 1 is 1.32 bits per heavy atom. The number of aromatic nitrogens is 1. The summed E-state index contributed by atoms with van der Waals surface area (Å²) in [4.78, 5) is 30.5. The van der Waals surface area contributed by atoms with Gasteiger partial charge in [-0.15, -0.1) is 11.3 Å². The van der Waals surface area contributed by atoms with E-state index in [0.29, 0.717) is 18.1 Å². The zero-order valence-electron chi connectivity index (χ0n) is 12.5. The van der Waals surface area contributed by atoms with Crippen LogP contribution < -0.4 is 10.2 Å². The number of rotatable bonds is 3. The Hall–Kier alpha value is -2.21. The van der Waals surface area contributed by atoms with Crippen molar-refractivity contribution in [3.8, 4) is 0 Å². The molecule has 0 saturated carbocycles. The molecule has 1 aliphatic rings. The van der Waals surface area contributed by atoms with E-state index in [1.165, 1.54) is 11.3 Å². The van der Waals surface area contributed by atoms with Crippen LogP contribution in [-0.2, 0) is 9.59 Å². The summed E-state index contributed by atoms with van der Waals surface area (Å²) >= 11 is 1.34. The third-order valence-corrected chi connectivity index (χ3v) is 4.39. The SMILES string of the molecule is Cc1cc(C)cc(N2CCC(C(=O)Nc3nccs3)C2=O)c1. The van der Waals surface area contributed by atoms with Gasteiger partial charge in [0, 0.05) is 23.8 Å². The van der Waals surface area contributed by atoms with E-state index >= 15 is 0 Å². The fraction of sp³-hybridized carbons (Fsp3) is 0.312. The average molecular weight is 315 g/mol. The summed E-state index contributed by atoms with van der Waals surface area (Å²) < 4.78 is 0. The summed E-state index contributed by atoms with van der Waals surface area (Å²) in [6.07, 6.45) is 2.15. The zero-order valence-corrected chi connectivity index (χ0v) is 13.3. The first-order chi connectivity index (χ1) is 10.5. The Morgan fingerprint density at radius 2 is 2.05 bits per heavy atom. The van der Waals surface area contributed by atoms with Gasteiger partial charge in [-0.25, -0.2) is 4.98 Å². The van der Waals surface area contributed by atoms with Crippen LogP contribution in [0.15, 0.2) is 29.8 Å². The molecule has 0 bridgehead atoms. The number of carbonyl (C=O) groups is 2. The minimum absolute atomic E-state index is 0.140. The first kappa shape index (κ1) is 14.7. The van der Waals surface area contributed by atoms with Crippen molar-refractivity contribution in [3.63, 3.8) is 0 Å². The number of benzene rings is 1. The van der Waals surface area contributed by atoms with Crippen molar-refractivity contribution in [1.29, 1.82) is 0 Å². The molecule has 1 aliphatic heterocycles. The van der Waals surface area contributed by atoms with Crippen molar-refractivity contribution in [3.05, 3.63) is 40.9 Å². The van der Waals surface area contributed by atoms with Crippen LogP contribution in [0.25, 0.3) is 0 Å². The number of nitrogens with zero attached hydrogens (tertiary/aromatic N) is 2. The van der Waals surface area contributed by atoms with E-state index in [2.05, 4.69) is 16.4 Å². The molecule has 5 nitrogen and oxygen atoms in total. The van der Waals surface area contributed by atoms with Gasteiger partial charge in [-0.3, -0.25) is 9.59 Å². The molecule has 0 spiro atoms. The highest BCUT2D eigenvalue weighted by Gasteiger charge is 2.37. The Morgan fingerprint density at radius 3 is 2.68 bits per heavy atom. The Kier molecular flexibility index (Phi) is 3.94. The van der Waals surface area contributed by atoms with E-state index in [0.717, 1.165) is 16.8 Å². The van der Waals surface area contributed by atoms with E-state index in [1.54, 1.807) is 16.5 Å². The lowest BCUT2D eigenvalue weighted by molar-refractivity contribution is -0.129. The molecule has 3 rings (SSSR count). The number of carbonyl (C=O) groups excluding carboxylic acids is 2. The van der Waals surface area contributed by atoms with Crippen molar-refractivity contribution < 1.29 is 9.59 Å². The second-order valence-electron chi connectivity index (χ2n) is 5.50. The van der Waals surface area contributed by atoms with Gasteiger partial charge in [0.05, 0.1) is 0 Å². The summed E-state index contributed by atoms with van der Waals surface area (Å²) in [5.74, 6) is -1.05. The van der Waals surface area contributed by atoms with E-state index < -0.39 is 5.92 Å². The minimum Gasteiger partial charge on any atom is -0.312 e. The fourth-order valence-corrected chi connectivity index (χ4v) is 3.30. The van der Waals surface area contributed by atoms with Gasteiger partial charge in [-0.05, 0) is 43.5 Å². The molecule has 1 N–H and O–H groups in total. The lowest BCUT2D eigenvalue weighted by Gasteiger charge is -2.18. The average Bonchev–Trinajstić information content (AvgIpc) is 3.07. The maximum Gasteiger partial charge on any atom is 0.239 e. The van der Waals surface area contributed by atoms with Crippen LogP contribution in [0.4, 0.5) is 10.8 Å². The van der Waals surface area contributed by atoms with Crippen molar-refractivity contribution in [2.45, 2.75) is 20.3 Å². The van der Waals surface area contributed by atoms with Crippen LogP contribution in [-0.4, -0.2) is 23.3 Å². The topological polar surface area (TPSA) is 62.3 Å². The molecule has 114 valence electrons. The first-order valence-corrected chi connectivity index (χ1v) is 8.02. The third kappa shape index (κ3) is 2.87. The second kappa shape index (κ2) is 5.88. The smallest absolute Gasteiger partial charge is 0.239 e. The molecule has 1 fully saturated rings. The molecule has 1 saturated heterocycles. The number of hydrogen-bond donors (Lipinski definition) is 1. The molecule has 1 aromatic carbocycles. The van der Waals surface area contributed by atoms with Gasteiger partial charge in [0.15, 0.2) is 5.13 Å². The Labute approximate surface area is 133 Å². The van der Waals surface area contributed by atoms with E-state index in [4.69, 9.17) is 0 Å². The van der Waals surface area contributed by atoms with Gasteiger partial charge < -0.3 is 10.2 Å². The fourth-order valence-electron chi connectivity index (χ4n) is 2.76. The highest BCUT2D eigenvalue weighted by Crippen LogP contribution is 2.28. The van der Waals surface area contributed by atoms with Gasteiger partial charge in [0.1, 0.15) is 5.92 Å². The summed E-state index contributed by atoms with van der Waals surface area (Å²) in [5.41, 5.74) is 3.09. The maximum absolute atomic E-state index is 12.5. The van der Waals surface area contributed by atoms with E-state index in [1.807, 2.05) is 26.0 Å². The van der Waals surface area contributed by atoms with Crippen molar-refractivity contribution in [1.82, 2.24) is 4.98 Å². The number of thiazole rings is 1. The van der Waals surface area contributed by atoms with Gasteiger partial charge in [-0.2, -0.15) is 0 Å². The molecular formula is C16H17N3O2S. The standard InChI is InChI=1S/C16H17N3O2S/c1-10-7-11(2)9-12(8-10)19-5-3-13(15(19)21)14(20)18-16-17-4-6-22-16/h4,6-9,13H,3,5H2,1-2H3,(H,17,18,20). The predicted octanol–water partition coefficient (Wildman–Crippen LogP) is 2.75. The molecule has 2 aromatic rings. The molecule has 1 aromatic heterocycles. The van der Waals surface area contributed by atoms with Crippen LogP contribution in [0.1, 0.15) is 17.5 Å². The molecule has 1 atom stereocenters. The largest absolute Gasteiger partial charge is 0.312 e. The molecule has 0 radical (unpaired) electrons. The third-order valence-electron chi connectivity index (χ3n) is 3.70. The molecule has 0 aliphatic carbocycles. The number of hydrogen-bond acceptors (Lipinski definition) is 4. The van der Waals surface area contributed by atoms with Gasteiger partial charge in [0.25, 0.3) is 0 Å². The van der Waals surface area contributed by atoms with Crippen LogP contribution in [0.2, 0.25) is 0 Å². The van der Waals surface area contributed by atoms with Crippen molar-refractivity contribution in [2.24, 2.45) is 5.92 Å². The van der Waals surface area contributed by atoms with Crippen molar-refractivity contribution >= 4 is 34.0 Å². The Balaban J connectivity index is 1.75. The quantitative estimate of drug-likeness (QED) is 0.886. The van der Waals surface area contributed by atoms with E-state index in [9.17, 15) is 9.59 Å².